The van der Waals surface area contributed by atoms with Crippen molar-refractivity contribution in [1.29, 1.82) is 0 Å². The van der Waals surface area contributed by atoms with Gasteiger partial charge < -0.3 is 5.32 Å². The summed E-state index contributed by atoms with van der Waals surface area (Å²) in [6.45, 7) is 1.42. The number of benzene rings is 3. The monoisotopic (exact) mass is 496 g/mol. The predicted molar refractivity (Wildman–Crippen MR) is 125 cm³/mol. The van der Waals surface area contributed by atoms with Crippen LogP contribution in [0.3, 0.4) is 0 Å². The molecule has 0 fully saturated rings. The molecule has 0 radical (unpaired) electrons. The van der Waals surface area contributed by atoms with Crippen LogP contribution in [-0.4, -0.2) is 25.2 Å². The normalized spacial score (nSPS) is 11.5. The van der Waals surface area contributed by atoms with Gasteiger partial charge in [0.1, 0.15) is 0 Å². The summed E-state index contributed by atoms with van der Waals surface area (Å²) in [4.78, 5) is 12.7. The first-order chi connectivity index (χ1) is 14.6. The van der Waals surface area contributed by atoms with Crippen LogP contribution in [-0.2, 0) is 21.4 Å². The van der Waals surface area contributed by atoms with Crippen molar-refractivity contribution in [2.75, 3.05) is 11.9 Å². The molecular formula is C22H19Cl3N2O3S. The van der Waals surface area contributed by atoms with Gasteiger partial charge in [-0.15, -0.1) is 0 Å². The number of nitrogens with zero attached hydrogens (tertiary/aromatic N) is 1. The maximum Gasteiger partial charge on any atom is 0.243 e. The lowest BCUT2D eigenvalue weighted by atomic mass is 10.2. The van der Waals surface area contributed by atoms with Gasteiger partial charge in [-0.3, -0.25) is 4.79 Å². The molecular weight excluding hydrogens is 479 g/mol. The summed E-state index contributed by atoms with van der Waals surface area (Å²) in [6.07, 6.45) is 0. The summed E-state index contributed by atoms with van der Waals surface area (Å²) in [5.74, 6) is -0.488. The molecule has 0 heterocycles. The number of amides is 1. The number of hydrogen-bond acceptors (Lipinski definition) is 3. The number of anilines is 1. The fraction of sp³-hybridized carbons (Fsp3) is 0.136. The Kier molecular flexibility index (Phi) is 7.62. The van der Waals surface area contributed by atoms with Crippen LogP contribution >= 0.6 is 34.8 Å². The lowest BCUT2D eigenvalue weighted by Crippen LogP contribution is -2.37. The van der Waals surface area contributed by atoms with Crippen LogP contribution in [0, 0.1) is 6.92 Å². The van der Waals surface area contributed by atoms with Gasteiger partial charge in [0.2, 0.25) is 15.9 Å². The number of sulfonamides is 1. The highest BCUT2D eigenvalue weighted by Gasteiger charge is 2.27. The van der Waals surface area contributed by atoms with Crippen molar-refractivity contribution < 1.29 is 13.2 Å². The lowest BCUT2D eigenvalue weighted by molar-refractivity contribution is -0.116. The van der Waals surface area contributed by atoms with Gasteiger partial charge in [0.15, 0.2) is 0 Å². The minimum Gasteiger partial charge on any atom is -0.325 e. The van der Waals surface area contributed by atoms with E-state index in [-0.39, 0.29) is 18.0 Å². The minimum atomic E-state index is -3.96. The first kappa shape index (κ1) is 23.6. The average molecular weight is 498 g/mol. The van der Waals surface area contributed by atoms with E-state index in [1.807, 2.05) is 6.92 Å². The number of halogens is 3. The van der Waals surface area contributed by atoms with Crippen molar-refractivity contribution in [3.05, 3.63) is 92.9 Å². The van der Waals surface area contributed by atoms with Gasteiger partial charge in [-0.25, -0.2) is 8.42 Å². The third-order valence-corrected chi connectivity index (χ3v) is 7.25. The minimum absolute atomic E-state index is 0.0544. The van der Waals surface area contributed by atoms with Crippen LogP contribution in [0.4, 0.5) is 5.69 Å². The predicted octanol–water partition coefficient (Wildman–Crippen LogP) is 5.78. The quantitative estimate of drug-likeness (QED) is 0.449. The second-order valence-corrected chi connectivity index (χ2v) is 10.1. The molecule has 5 nitrogen and oxygen atoms in total. The van der Waals surface area contributed by atoms with E-state index in [9.17, 15) is 13.2 Å². The molecule has 1 N–H and O–H groups in total. The van der Waals surface area contributed by atoms with Crippen LogP contribution < -0.4 is 5.32 Å². The fourth-order valence-corrected chi connectivity index (χ4v) is 4.65. The van der Waals surface area contributed by atoms with Gasteiger partial charge in [0.25, 0.3) is 0 Å². The molecule has 0 aliphatic rings. The molecule has 0 atom stereocenters. The molecule has 9 heteroatoms. The third kappa shape index (κ3) is 6.21. The summed E-state index contributed by atoms with van der Waals surface area (Å²) in [7, 11) is -3.96. The average Bonchev–Trinajstić information content (AvgIpc) is 2.72. The molecule has 0 aromatic heterocycles. The van der Waals surface area contributed by atoms with E-state index in [4.69, 9.17) is 34.8 Å². The summed E-state index contributed by atoms with van der Waals surface area (Å²) in [5.41, 5.74) is 2.04. The molecule has 3 aromatic carbocycles. The van der Waals surface area contributed by atoms with Crippen LogP contribution in [0.25, 0.3) is 0 Å². The largest absolute Gasteiger partial charge is 0.325 e. The molecule has 0 aliphatic carbocycles. The Bertz CT molecular complexity index is 1180. The fourth-order valence-electron chi connectivity index (χ4n) is 2.82. The summed E-state index contributed by atoms with van der Waals surface area (Å²) >= 11 is 17.9. The van der Waals surface area contributed by atoms with Gasteiger partial charge in [0, 0.05) is 17.3 Å². The Morgan fingerprint density at radius 1 is 0.903 bits per heavy atom. The zero-order valence-corrected chi connectivity index (χ0v) is 19.6. The lowest BCUT2D eigenvalue weighted by Gasteiger charge is -2.22. The molecule has 0 bridgehead atoms. The third-order valence-electron chi connectivity index (χ3n) is 4.45. The van der Waals surface area contributed by atoms with Crippen molar-refractivity contribution >= 4 is 56.4 Å². The second-order valence-electron chi connectivity index (χ2n) is 6.89. The molecule has 1 amide bonds. The van der Waals surface area contributed by atoms with Gasteiger partial charge in [-0.1, -0.05) is 58.6 Å². The molecule has 31 heavy (non-hydrogen) atoms. The van der Waals surface area contributed by atoms with E-state index in [1.54, 1.807) is 54.6 Å². The number of aryl methyl sites for hydroxylation is 1. The van der Waals surface area contributed by atoms with Crippen LogP contribution in [0.15, 0.2) is 71.6 Å². The zero-order chi connectivity index (χ0) is 22.6. The Hall–Kier alpha value is -2.09. The Morgan fingerprint density at radius 3 is 2.16 bits per heavy atom. The van der Waals surface area contributed by atoms with Crippen molar-refractivity contribution in [3.8, 4) is 0 Å². The van der Waals surface area contributed by atoms with Gasteiger partial charge in [-0.05, 0) is 61.0 Å². The van der Waals surface area contributed by atoms with Crippen molar-refractivity contribution in [2.24, 2.45) is 0 Å². The summed E-state index contributed by atoms with van der Waals surface area (Å²) in [5, 5.41) is 3.88. The molecule has 162 valence electrons. The van der Waals surface area contributed by atoms with Gasteiger partial charge in [0.05, 0.1) is 21.5 Å². The first-order valence-corrected chi connectivity index (χ1v) is 11.8. The summed E-state index contributed by atoms with van der Waals surface area (Å²) < 4.78 is 27.7. The molecule has 0 aliphatic heterocycles. The van der Waals surface area contributed by atoms with Crippen molar-refractivity contribution in [1.82, 2.24) is 4.31 Å². The van der Waals surface area contributed by atoms with E-state index in [2.05, 4.69) is 5.32 Å². The summed E-state index contributed by atoms with van der Waals surface area (Å²) in [6, 6.07) is 17.8. The number of carbonyl (C=O) groups excluding carboxylic acids is 1. The van der Waals surface area contributed by atoms with E-state index in [1.165, 1.54) is 12.1 Å². The van der Waals surface area contributed by atoms with E-state index >= 15 is 0 Å². The number of hydrogen-bond donors (Lipinski definition) is 1. The van der Waals surface area contributed by atoms with Crippen LogP contribution in [0.1, 0.15) is 11.1 Å². The SMILES string of the molecule is Cc1ccc(S(=O)(=O)N(CC(=O)Nc2ccc(Cl)cc2)Cc2ccc(Cl)c(Cl)c2)cc1. The smallest absolute Gasteiger partial charge is 0.243 e. The highest BCUT2D eigenvalue weighted by atomic mass is 35.5. The zero-order valence-electron chi connectivity index (χ0n) is 16.5. The van der Waals surface area contributed by atoms with E-state index in [0.29, 0.717) is 26.3 Å². The number of carbonyl (C=O) groups is 1. The number of nitrogens with one attached hydrogen (secondary N) is 1. The van der Waals surface area contributed by atoms with Crippen molar-refractivity contribution in [3.63, 3.8) is 0 Å². The Balaban J connectivity index is 1.88. The van der Waals surface area contributed by atoms with Gasteiger partial charge in [-0.2, -0.15) is 4.31 Å². The van der Waals surface area contributed by atoms with Crippen molar-refractivity contribution in [2.45, 2.75) is 18.4 Å². The maximum absolute atomic E-state index is 13.3. The second kappa shape index (κ2) is 10.0. The van der Waals surface area contributed by atoms with Crippen LogP contribution in [0.2, 0.25) is 15.1 Å². The molecule has 0 saturated heterocycles. The topological polar surface area (TPSA) is 66.5 Å². The highest BCUT2D eigenvalue weighted by Crippen LogP contribution is 2.25. The highest BCUT2D eigenvalue weighted by molar-refractivity contribution is 7.89. The van der Waals surface area contributed by atoms with E-state index in [0.717, 1.165) is 9.87 Å². The van der Waals surface area contributed by atoms with E-state index < -0.39 is 15.9 Å². The molecule has 0 saturated carbocycles. The molecule has 0 spiro atoms. The maximum atomic E-state index is 13.3. The number of rotatable bonds is 7. The molecule has 3 rings (SSSR count). The van der Waals surface area contributed by atoms with Crippen LogP contribution in [0.5, 0.6) is 0 Å². The molecule has 3 aromatic rings. The standard InChI is InChI=1S/C22H19Cl3N2O3S/c1-15-2-9-19(10-3-15)31(29,30)27(13-16-4-11-20(24)21(25)12-16)14-22(28)26-18-7-5-17(23)6-8-18/h2-12H,13-14H2,1H3,(H,26,28). The Labute approximate surface area is 196 Å². The van der Waals surface area contributed by atoms with Gasteiger partial charge >= 0.3 is 0 Å². The Morgan fingerprint density at radius 2 is 1.55 bits per heavy atom. The molecule has 0 unspecified atom stereocenters. The first-order valence-electron chi connectivity index (χ1n) is 9.21.